The lowest BCUT2D eigenvalue weighted by Crippen LogP contribution is -1.86. The average Bonchev–Trinajstić information content (AvgIpc) is 2.25. The number of rotatable bonds is 3. The number of thiol groups is 1. The molecule has 0 heterocycles. The number of hydrogen-bond donors (Lipinski definition) is 1. The van der Waals surface area contributed by atoms with Crippen molar-refractivity contribution >= 4 is 18.2 Å². The van der Waals surface area contributed by atoms with Gasteiger partial charge >= 0.3 is 0 Å². The monoisotopic (exact) mass is 231 g/mol. The van der Waals surface area contributed by atoms with Crippen LogP contribution in [0.2, 0.25) is 0 Å². The summed E-state index contributed by atoms with van der Waals surface area (Å²) in [6.07, 6.45) is 3.05. The van der Waals surface area contributed by atoms with Crippen LogP contribution in [0.5, 0.6) is 0 Å². The maximum absolute atomic E-state index is 13.5. The Morgan fingerprint density at radius 1 is 1.38 bits per heavy atom. The van der Waals surface area contributed by atoms with E-state index in [1.54, 1.807) is 18.2 Å². The zero-order chi connectivity index (χ0) is 12.1. The van der Waals surface area contributed by atoms with Crippen LogP contribution in [0.25, 0.3) is 5.57 Å². The fourth-order valence-corrected chi connectivity index (χ4v) is 1.28. The quantitative estimate of drug-likeness (QED) is 0.478. The summed E-state index contributed by atoms with van der Waals surface area (Å²) in [5, 5.41) is 8.49. The first kappa shape index (κ1) is 12.3. The fraction of sp³-hybridized carbons (Fsp3) is 0. The van der Waals surface area contributed by atoms with E-state index < -0.39 is 0 Å². The summed E-state index contributed by atoms with van der Waals surface area (Å²) in [6, 6.07) is 6.46. The Hall–Kier alpha value is -1.79. The minimum absolute atomic E-state index is 0.298. The molecule has 0 radical (unpaired) electrons. The summed E-state index contributed by atoms with van der Waals surface area (Å²) < 4.78 is 13.5. The smallest absolute Gasteiger partial charge is 0.132 e. The van der Waals surface area contributed by atoms with E-state index in [1.165, 1.54) is 12.1 Å². The molecule has 0 fully saturated rings. The maximum Gasteiger partial charge on any atom is 0.132 e. The van der Waals surface area contributed by atoms with Crippen LogP contribution in [-0.4, -0.2) is 0 Å². The van der Waals surface area contributed by atoms with Gasteiger partial charge in [0, 0.05) is 16.0 Å². The van der Waals surface area contributed by atoms with E-state index in [1.807, 2.05) is 6.07 Å². The summed E-state index contributed by atoms with van der Waals surface area (Å²) in [6.45, 7) is 7.20. The lowest BCUT2D eigenvalue weighted by molar-refractivity contribution is 0.621. The van der Waals surface area contributed by atoms with Gasteiger partial charge < -0.3 is 0 Å². The third-order valence-electron chi connectivity index (χ3n) is 1.93. The van der Waals surface area contributed by atoms with E-state index >= 15 is 0 Å². The molecular formula is C13H10FNS. The second kappa shape index (κ2) is 5.34. The van der Waals surface area contributed by atoms with Crippen molar-refractivity contribution in [1.82, 2.24) is 0 Å². The lowest BCUT2D eigenvalue weighted by Gasteiger charge is -2.03. The summed E-state index contributed by atoms with van der Waals surface area (Å²) >= 11 is 4.02. The third-order valence-corrected chi connectivity index (χ3v) is 2.21. The van der Waals surface area contributed by atoms with Gasteiger partial charge in [-0.15, -0.1) is 12.6 Å². The minimum atomic E-state index is -0.385. The van der Waals surface area contributed by atoms with Crippen LogP contribution in [-0.2, 0) is 0 Å². The molecule has 0 saturated carbocycles. The number of benzene rings is 1. The summed E-state index contributed by atoms with van der Waals surface area (Å²) in [7, 11) is 0. The fourth-order valence-electron chi connectivity index (χ4n) is 1.09. The van der Waals surface area contributed by atoms with E-state index in [4.69, 9.17) is 5.26 Å². The predicted molar refractivity (Wildman–Crippen MR) is 66.6 cm³/mol. The second-order valence-corrected chi connectivity index (χ2v) is 3.68. The minimum Gasteiger partial charge on any atom is -0.206 e. The third kappa shape index (κ3) is 3.11. The number of nitrogens with zero attached hydrogens (tertiary/aromatic N) is 1. The highest BCUT2D eigenvalue weighted by Gasteiger charge is 2.03. The van der Waals surface area contributed by atoms with E-state index in [0.29, 0.717) is 21.6 Å². The molecule has 0 spiro atoms. The summed E-state index contributed by atoms with van der Waals surface area (Å²) in [4.78, 5) is 0.555. The largest absolute Gasteiger partial charge is 0.206 e. The van der Waals surface area contributed by atoms with Crippen LogP contribution in [0.3, 0.4) is 0 Å². The highest BCUT2D eigenvalue weighted by Crippen LogP contribution is 2.20. The van der Waals surface area contributed by atoms with Crippen molar-refractivity contribution in [3.63, 3.8) is 0 Å². The first-order valence-electron chi connectivity index (χ1n) is 4.49. The van der Waals surface area contributed by atoms with Crippen LogP contribution in [0, 0.1) is 17.1 Å². The Bertz CT molecular complexity index is 509. The van der Waals surface area contributed by atoms with E-state index in [9.17, 15) is 4.39 Å². The molecule has 0 atom stereocenters. The Labute approximate surface area is 99.6 Å². The van der Waals surface area contributed by atoms with Crippen LogP contribution in [0.15, 0.2) is 54.0 Å². The summed E-state index contributed by atoms with van der Waals surface area (Å²) in [5.41, 5.74) is 1.18. The van der Waals surface area contributed by atoms with Crippen molar-refractivity contribution in [2.75, 3.05) is 0 Å². The molecule has 0 saturated heterocycles. The van der Waals surface area contributed by atoms with Crippen molar-refractivity contribution in [2.24, 2.45) is 0 Å². The Balaban J connectivity index is 2.94. The van der Waals surface area contributed by atoms with Crippen LogP contribution in [0.4, 0.5) is 4.39 Å². The summed E-state index contributed by atoms with van der Waals surface area (Å²) in [5.74, 6) is -0.385. The molecule has 0 aliphatic carbocycles. The number of nitriles is 1. The zero-order valence-electron chi connectivity index (χ0n) is 8.57. The van der Waals surface area contributed by atoms with Gasteiger partial charge in [0.1, 0.15) is 5.82 Å². The standard InChI is InChI=1S/C13H10FNS/c1-9(8-15)3-4-10(2)12-6-5-11(16)7-13(12)14/h3-7,16H,1-2H2. The molecule has 0 aliphatic heterocycles. The average molecular weight is 231 g/mol. The van der Waals surface area contributed by atoms with E-state index in [2.05, 4.69) is 25.8 Å². The molecule has 0 aliphatic rings. The Kier molecular flexibility index (Phi) is 4.10. The van der Waals surface area contributed by atoms with Gasteiger partial charge in [-0.05, 0) is 23.8 Å². The number of allylic oxidation sites excluding steroid dienone is 4. The molecule has 0 aromatic heterocycles. The van der Waals surface area contributed by atoms with Gasteiger partial charge in [-0.25, -0.2) is 4.39 Å². The number of halogens is 1. The molecule has 0 N–H and O–H groups in total. The van der Waals surface area contributed by atoms with E-state index in [-0.39, 0.29) is 5.82 Å². The zero-order valence-corrected chi connectivity index (χ0v) is 9.47. The molecule has 1 aromatic rings. The molecular weight excluding hydrogens is 221 g/mol. The van der Waals surface area contributed by atoms with Gasteiger partial charge in [0.05, 0.1) is 6.07 Å². The molecule has 80 valence electrons. The molecule has 1 aromatic carbocycles. The molecule has 1 nitrogen and oxygen atoms in total. The van der Waals surface area contributed by atoms with Crippen LogP contribution < -0.4 is 0 Å². The van der Waals surface area contributed by atoms with Gasteiger partial charge in [0.25, 0.3) is 0 Å². The van der Waals surface area contributed by atoms with Gasteiger partial charge in [-0.2, -0.15) is 5.26 Å². The van der Waals surface area contributed by atoms with Crippen molar-refractivity contribution in [2.45, 2.75) is 4.90 Å². The van der Waals surface area contributed by atoms with Crippen molar-refractivity contribution < 1.29 is 4.39 Å². The SMILES string of the molecule is C=C(C#N)C=CC(=C)c1ccc(S)cc1F. The molecule has 0 amide bonds. The first-order chi connectivity index (χ1) is 7.54. The molecule has 0 bridgehead atoms. The number of hydrogen-bond acceptors (Lipinski definition) is 2. The van der Waals surface area contributed by atoms with Gasteiger partial charge in [-0.1, -0.05) is 25.3 Å². The normalized spacial score (nSPS) is 10.1. The maximum atomic E-state index is 13.5. The van der Waals surface area contributed by atoms with Crippen molar-refractivity contribution in [3.8, 4) is 6.07 Å². The Morgan fingerprint density at radius 3 is 2.62 bits per heavy atom. The van der Waals surface area contributed by atoms with Crippen molar-refractivity contribution in [3.05, 3.63) is 60.5 Å². The molecule has 3 heteroatoms. The first-order valence-corrected chi connectivity index (χ1v) is 4.94. The molecule has 16 heavy (non-hydrogen) atoms. The molecule has 0 unspecified atom stereocenters. The van der Waals surface area contributed by atoms with E-state index in [0.717, 1.165) is 0 Å². The lowest BCUT2D eigenvalue weighted by atomic mass is 10.1. The van der Waals surface area contributed by atoms with Gasteiger partial charge in [-0.3, -0.25) is 0 Å². The molecule has 1 rings (SSSR count). The van der Waals surface area contributed by atoms with Gasteiger partial charge in [0.15, 0.2) is 0 Å². The Morgan fingerprint density at radius 2 is 2.06 bits per heavy atom. The van der Waals surface area contributed by atoms with Crippen LogP contribution >= 0.6 is 12.6 Å². The predicted octanol–water partition coefficient (Wildman–Crippen LogP) is 3.76. The highest BCUT2D eigenvalue weighted by molar-refractivity contribution is 7.80. The highest BCUT2D eigenvalue weighted by atomic mass is 32.1. The van der Waals surface area contributed by atoms with Crippen LogP contribution in [0.1, 0.15) is 5.56 Å². The van der Waals surface area contributed by atoms with Gasteiger partial charge in [0.2, 0.25) is 0 Å². The van der Waals surface area contributed by atoms with Crippen molar-refractivity contribution in [1.29, 1.82) is 5.26 Å². The topological polar surface area (TPSA) is 23.8 Å². The second-order valence-electron chi connectivity index (χ2n) is 3.16.